The van der Waals surface area contributed by atoms with Crippen LogP contribution in [0.3, 0.4) is 0 Å². The van der Waals surface area contributed by atoms with E-state index < -0.39 is 0 Å². The fourth-order valence-electron chi connectivity index (χ4n) is 3.85. The van der Waals surface area contributed by atoms with E-state index in [1.807, 2.05) is 44.2 Å². The van der Waals surface area contributed by atoms with Crippen LogP contribution in [-0.2, 0) is 24.2 Å². The van der Waals surface area contributed by atoms with Gasteiger partial charge < -0.3 is 4.90 Å². The molecule has 0 saturated carbocycles. The molecule has 0 saturated heterocycles. The summed E-state index contributed by atoms with van der Waals surface area (Å²) in [6.45, 7) is 4.42. The summed E-state index contributed by atoms with van der Waals surface area (Å²) in [4.78, 5) is 36.5. The predicted octanol–water partition coefficient (Wildman–Crippen LogP) is 3.03. The van der Waals surface area contributed by atoms with E-state index >= 15 is 0 Å². The lowest BCUT2D eigenvalue weighted by Gasteiger charge is -2.22. The van der Waals surface area contributed by atoms with E-state index in [4.69, 9.17) is 0 Å². The summed E-state index contributed by atoms with van der Waals surface area (Å²) in [7, 11) is 0. The Morgan fingerprint density at radius 3 is 2.82 bits per heavy atom. The molecule has 1 amide bonds. The number of aryl methyl sites for hydroxylation is 3. The average Bonchev–Trinajstić information content (AvgIpc) is 2.70. The van der Waals surface area contributed by atoms with Crippen LogP contribution in [0.2, 0.25) is 0 Å². The summed E-state index contributed by atoms with van der Waals surface area (Å²) < 4.78 is 1.39. The van der Waals surface area contributed by atoms with Crippen molar-refractivity contribution in [2.24, 2.45) is 0 Å². The zero-order valence-electron chi connectivity index (χ0n) is 16.3. The van der Waals surface area contributed by atoms with Crippen molar-refractivity contribution in [3.63, 3.8) is 0 Å². The number of fused-ring (bicyclic) bond motifs is 2. The standard InChI is InChI=1S/C22H24N4O2/c1-3-26(17-9-6-7-15(2)11-17)20(27)13-25-14-23-21-18(22(25)28)12-16-8-4-5-10-19(16)24-21/h6-7,9,11-12,14H,3-5,8,10,13H2,1-2H3. The van der Waals surface area contributed by atoms with E-state index in [1.54, 1.807) is 4.90 Å². The number of amides is 1. The molecule has 144 valence electrons. The summed E-state index contributed by atoms with van der Waals surface area (Å²) in [6.07, 6.45) is 5.58. The van der Waals surface area contributed by atoms with Crippen molar-refractivity contribution in [3.05, 3.63) is 63.8 Å². The number of pyridine rings is 1. The molecule has 28 heavy (non-hydrogen) atoms. The van der Waals surface area contributed by atoms with Crippen LogP contribution in [0.15, 0.2) is 41.5 Å². The van der Waals surface area contributed by atoms with Crippen LogP contribution in [0, 0.1) is 6.92 Å². The summed E-state index contributed by atoms with van der Waals surface area (Å²) in [5.41, 5.74) is 4.38. The van der Waals surface area contributed by atoms with Gasteiger partial charge in [-0.3, -0.25) is 14.2 Å². The van der Waals surface area contributed by atoms with E-state index in [0.29, 0.717) is 17.6 Å². The number of carbonyl (C=O) groups excluding carboxylic acids is 1. The zero-order chi connectivity index (χ0) is 19.7. The minimum absolute atomic E-state index is 0.0410. The molecule has 0 atom stereocenters. The molecule has 0 radical (unpaired) electrons. The highest BCUT2D eigenvalue weighted by atomic mass is 16.2. The van der Waals surface area contributed by atoms with Gasteiger partial charge in [0.2, 0.25) is 5.91 Å². The zero-order valence-corrected chi connectivity index (χ0v) is 16.3. The van der Waals surface area contributed by atoms with Gasteiger partial charge in [0.15, 0.2) is 5.65 Å². The third kappa shape index (κ3) is 3.42. The van der Waals surface area contributed by atoms with Gasteiger partial charge in [-0.15, -0.1) is 0 Å². The molecule has 0 bridgehead atoms. The van der Waals surface area contributed by atoms with Gasteiger partial charge in [-0.1, -0.05) is 12.1 Å². The molecule has 2 heterocycles. The molecule has 6 nitrogen and oxygen atoms in total. The van der Waals surface area contributed by atoms with Crippen LogP contribution < -0.4 is 10.5 Å². The normalized spacial score (nSPS) is 13.4. The molecule has 0 aliphatic heterocycles. The maximum absolute atomic E-state index is 13.0. The first kappa shape index (κ1) is 18.3. The maximum Gasteiger partial charge on any atom is 0.263 e. The quantitative estimate of drug-likeness (QED) is 0.702. The minimum atomic E-state index is -0.209. The van der Waals surface area contributed by atoms with Crippen molar-refractivity contribution in [1.29, 1.82) is 0 Å². The van der Waals surface area contributed by atoms with Crippen LogP contribution in [0.1, 0.15) is 36.6 Å². The number of anilines is 1. The monoisotopic (exact) mass is 376 g/mol. The molecule has 0 fully saturated rings. The molecule has 1 aliphatic carbocycles. The van der Waals surface area contributed by atoms with Crippen LogP contribution in [0.25, 0.3) is 11.0 Å². The van der Waals surface area contributed by atoms with E-state index in [2.05, 4.69) is 9.97 Å². The van der Waals surface area contributed by atoms with Gasteiger partial charge in [-0.25, -0.2) is 9.97 Å². The Labute approximate surface area is 163 Å². The Bertz CT molecular complexity index is 1100. The number of nitrogens with zero attached hydrogens (tertiary/aromatic N) is 4. The van der Waals surface area contributed by atoms with Gasteiger partial charge >= 0.3 is 0 Å². The highest BCUT2D eigenvalue weighted by Gasteiger charge is 2.18. The summed E-state index contributed by atoms with van der Waals surface area (Å²) in [6, 6.07) is 9.72. The highest BCUT2D eigenvalue weighted by molar-refractivity contribution is 5.93. The van der Waals surface area contributed by atoms with Crippen LogP contribution in [-0.4, -0.2) is 27.0 Å². The second-order valence-electron chi connectivity index (χ2n) is 7.33. The number of likely N-dealkylation sites (N-methyl/N-ethyl adjacent to an activating group) is 1. The first-order valence-electron chi connectivity index (χ1n) is 9.82. The molecular weight excluding hydrogens is 352 g/mol. The maximum atomic E-state index is 13.0. The van der Waals surface area contributed by atoms with E-state index in [1.165, 1.54) is 10.9 Å². The molecule has 1 aliphatic rings. The van der Waals surface area contributed by atoms with E-state index in [-0.39, 0.29) is 18.0 Å². The summed E-state index contributed by atoms with van der Waals surface area (Å²) in [5, 5.41) is 0.495. The van der Waals surface area contributed by atoms with Crippen LogP contribution >= 0.6 is 0 Å². The van der Waals surface area contributed by atoms with Crippen LogP contribution in [0.5, 0.6) is 0 Å². The van der Waals surface area contributed by atoms with Crippen molar-refractivity contribution >= 4 is 22.6 Å². The van der Waals surface area contributed by atoms with Gasteiger partial charge in [0.05, 0.1) is 5.39 Å². The van der Waals surface area contributed by atoms with E-state index in [9.17, 15) is 9.59 Å². The largest absolute Gasteiger partial charge is 0.311 e. The Kier molecular flexibility index (Phi) is 4.94. The lowest BCUT2D eigenvalue weighted by molar-refractivity contribution is -0.119. The topological polar surface area (TPSA) is 68.1 Å². The summed E-state index contributed by atoms with van der Waals surface area (Å²) in [5.74, 6) is -0.137. The lowest BCUT2D eigenvalue weighted by atomic mass is 9.95. The van der Waals surface area contributed by atoms with Crippen molar-refractivity contribution < 1.29 is 4.79 Å². The smallest absolute Gasteiger partial charge is 0.263 e. The van der Waals surface area contributed by atoms with Crippen molar-refractivity contribution in [1.82, 2.24) is 14.5 Å². The SMILES string of the molecule is CCN(C(=O)Cn1cnc2nc3c(cc2c1=O)CCCC3)c1cccc(C)c1. The Balaban J connectivity index is 1.66. The number of hydrogen-bond donors (Lipinski definition) is 0. The van der Waals surface area contributed by atoms with Gasteiger partial charge in [0.25, 0.3) is 5.56 Å². The Morgan fingerprint density at radius 2 is 2.04 bits per heavy atom. The molecule has 0 spiro atoms. The van der Waals surface area contributed by atoms with Crippen molar-refractivity contribution in [2.75, 3.05) is 11.4 Å². The number of rotatable bonds is 4. The Hall–Kier alpha value is -3.02. The van der Waals surface area contributed by atoms with E-state index in [0.717, 1.165) is 48.2 Å². The molecule has 4 rings (SSSR count). The molecule has 0 unspecified atom stereocenters. The predicted molar refractivity (Wildman–Crippen MR) is 110 cm³/mol. The molecule has 2 aromatic heterocycles. The molecule has 1 aromatic carbocycles. The van der Waals surface area contributed by atoms with Gasteiger partial charge in [0, 0.05) is 17.9 Å². The van der Waals surface area contributed by atoms with Crippen molar-refractivity contribution in [2.45, 2.75) is 46.1 Å². The highest BCUT2D eigenvalue weighted by Crippen LogP contribution is 2.21. The summed E-state index contributed by atoms with van der Waals surface area (Å²) >= 11 is 0. The number of hydrogen-bond acceptors (Lipinski definition) is 4. The molecule has 0 N–H and O–H groups in total. The molecular formula is C22H24N4O2. The van der Waals surface area contributed by atoms with Gasteiger partial charge in [-0.2, -0.15) is 0 Å². The third-order valence-electron chi connectivity index (χ3n) is 5.33. The third-order valence-corrected chi connectivity index (χ3v) is 5.33. The lowest BCUT2D eigenvalue weighted by Crippen LogP contribution is -2.36. The van der Waals surface area contributed by atoms with Crippen LogP contribution in [0.4, 0.5) is 5.69 Å². The fourth-order valence-corrected chi connectivity index (χ4v) is 3.85. The minimum Gasteiger partial charge on any atom is -0.311 e. The number of aromatic nitrogens is 3. The fraction of sp³-hybridized carbons (Fsp3) is 0.364. The average molecular weight is 376 g/mol. The van der Waals surface area contributed by atoms with Gasteiger partial charge in [0.1, 0.15) is 12.9 Å². The second-order valence-corrected chi connectivity index (χ2v) is 7.33. The second kappa shape index (κ2) is 7.54. The van der Waals surface area contributed by atoms with Crippen molar-refractivity contribution in [3.8, 4) is 0 Å². The van der Waals surface area contributed by atoms with Gasteiger partial charge in [-0.05, 0) is 68.9 Å². The number of benzene rings is 1. The first-order chi connectivity index (χ1) is 13.6. The Morgan fingerprint density at radius 1 is 1.21 bits per heavy atom. The number of carbonyl (C=O) groups is 1. The first-order valence-corrected chi connectivity index (χ1v) is 9.82. The molecule has 3 aromatic rings. The molecule has 6 heteroatoms.